The van der Waals surface area contributed by atoms with E-state index in [9.17, 15) is 9.59 Å². The minimum atomic E-state index is -0.502. The summed E-state index contributed by atoms with van der Waals surface area (Å²) in [4.78, 5) is 22.7. The molecule has 0 heterocycles. The number of carbonyl (C=O) groups is 2. The monoisotopic (exact) mass is 317 g/mol. The number of carbonyl (C=O) groups excluding carboxylic acids is 2. The Balaban J connectivity index is 1.79. The second-order valence-corrected chi connectivity index (χ2v) is 5.14. The lowest BCUT2D eigenvalue weighted by Gasteiger charge is -2.08. The number of rotatable bonds is 5. The number of halogens is 1. The highest BCUT2D eigenvalue weighted by Crippen LogP contribution is 2.11. The molecule has 5 nitrogen and oxygen atoms in total. The highest BCUT2D eigenvalue weighted by molar-refractivity contribution is 6.30. The maximum Gasteiger partial charge on any atom is 0.319 e. The number of hydrogen-bond donors (Lipinski definition) is 3. The summed E-state index contributed by atoms with van der Waals surface area (Å²) in [6.07, 6.45) is 0.689. The van der Waals surface area contributed by atoms with Crippen molar-refractivity contribution in [2.45, 2.75) is 6.42 Å². The van der Waals surface area contributed by atoms with Gasteiger partial charge in [0.1, 0.15) is 0 Å². The van der Waals surface area contributed by atoms with E-state index in [4.69, 9.17) is 17.3 Å². The van der Waals surface area contributed by atoms with E-state index in [1.165, 1.54) is 0 Å². The molecule has 0 bridgehead atoms. The Kier molecular flexibility index (Phi) is 5.38. The molecule has 0 aliphatic heterocycles. The van der Waals surface area contributed by atoms with E-state index >= 15 is 0 Å². The van der Waals surface area contributed by atoms with Gasteiger partial charge in [-0.3, -0.25) is 4.79 Å². The fourth-order valence-electron chi connectivity index (χ4n) is 1.91. The molecule has 0 aliphatic carbocycles. The summed E-state index contributed by atoms with van der Waals surface area (Å²) in [5, 5.41) is 6.11. The van der Waals surface area contributed by atoms with Crippen LogP contribution >= 0.6 is 11.6 Å². The molecule has 2 rings (SSSR count). The zero-order valence-electron chi connectivity index (χ0n) is 11.8. The van der Waals surface area contributed by atoms with Crippen LogP contribution in [0.1, 0.15) is 15.9 Å². The highest BCUT2D eigenvalue weighted by atomic mass is 35.5. The van der Waals surface area contributed by atoms with Gasteiger partial charge in [-0.25, -0.2) is 4.79 Å². The van der Waals surface area contributed by atoms with Crippen LogP contribution in [0, 0.1) is 0 Å². The van der Waals surface area contributed by atoms with Crippen molar-refractivity contribution in [1.29, 1.82) is 0 Å². The lowest BCUT2D eigenvalue weighted by Crippen LogP contribution is -2.30. The molecule has 0 spiro atoms. The Morgan fingerprint density at radius 1 is 1.09 bits per heavy atom. The van der Waals surface area contributed by atoms with Crippen LogP contribution in [0.2, 0.25) is 5.02 Å². The highest BCUT2D eigenvalue weighted by Gasteiger charge is 2.03. The topological polar surface area (TPSA) is 84.2 Å². The average molecular weight is 318 g/mol. The number of nitrogens with two attached hydrogens (primary N) is 1. The number of urea groups is 1. The molecule has 0 atom stereocenters. The first kappa shape index (κ1) is 15.9. The molecule has 2 aromatic carbocycles. The Morgan fingerprint density at radius 2 is 1.82 bits per heavy atom. The fourth-order valence-corrected chi connectivity index (χ4v) is 2.12. The van der Waals surface area contributed by atoms with E-state index in [-0.39, 0.29) is 6.03 Å². The van der Waals surface area contributed by atoms with Crippen molar-refractivity contribution < 1.29 is 9.59 Å². The second-order valence-electron chi connectivity index (χ2n) is 4.70. The predicted molar refractivity (Wildman–Crippen MR) is 87.1 cm³/mol. The SMILES string of the molecule is NC(=O)c1ccc(NC(=O)NCCc2cccc(Cl)c2)cc1. The van der Waals surface area contributed by atoms with Crippen LogP contribution in [0.5, 0.6) is 0 Å². The molecule has 114 valence electrons. The third-order valence-electron chi connectivity index (χ3n) is 3.02. The molecule has 22 heavy (non-hydrogen) atoms. The number of primary amides is 1. The van der Waals surface area contributed by atoms with Crippen molar-refractivity contribution in [2.75, 3.05) is 11.9 Å². The number of anilines is 1. The van der Waals surface area contributed by atoms with Crippen LogP contribution < -0.4 is 16.4 Å². The molecule has 0 saturated heterocycles. The van der Waals surface area contributed by atoms with Crippen molar-refractivity contribution in [3.8, 4) is 0 Å². The van der Waals surface area contributed by atoms with Crippen LogP contribution in [0.15, 0.2) is 48.5 Å². The Morgan fingerprint density at radius 3 is 2.45 bits per heavy atom. The summed E-state index contributed by atoms with van der Waals surface area (Å²) < 4.78 is 0. The summed E-state index contributed by atoms with van der Waals surface area (Å²) in [5.74, 6) is -0.502. The van der Waals surface area contributed by atoms with Crippen molar-refractivity contribution in [2.24, 2.45) is 5.73 Å². The Bertz CT molecular complexity index is 671. The molecule has 3 amide bonds. The summed E-state index contributed by atoms with van der Waals surface area (Å²) >= 11 is 5.90. The average Bonchev–Trinajstić information content (AvgIpc) is 2.48. The standard InChI is InChI=1S/C16H16ClN3O2/c17-13-3-1-2-11(10-13)8-9-19-16(22)20-14-6-4-12(5-7-14)15(18)21/h1-7,10H,8-9H2,(H2,18,21)(H2,19,20,22). The Hall–Kier alpha value is -2.53. The molecule has 0 radical (unpaired) electrons. The van der Waals surface area contributed by atoms with Gasteiger partial charge < -0.3 is 16.4 Å². The van der Waals surface area contributed by atoms with Gasteiger partial charge in [-0.1, -0.05) is 23.7 Å². The minimum absolute atomic E-state index is 0.311. The molecule has 0 fully saturated rings. The molecule has 6 heteroatoms. The van der Waals surface area contributed by atoms with Gasteiger partial charge in [0.25, 0.3) is 0 Å². The molecule has 0 unspecified atom stereocenters. The van der Waals surface area contributed by atoms with Gasteiger partial charge in [-0.2, -0.15) is 0 Å². The van der Waals surface area contributed by atoms with E-state index in [2.05, 4.69) is 10.6 Å². The summed E-state index contributed by atoms with van der Waals surface area (Å²) in [5.41, 5.74) is 7.19. The van der Waals surface area contributed by atoms with Gasteiger partial charge >= 0.3 is 6.03 Å². The van der Waals surface area contributed by atoms with Gasteiger partial charge in [0, 0.05) is 22.8 Å². The molecule has 2 aromatic rings. The largest absolute Gasteiger partial charge is 0.366 e. The molecule has 4 N–H and O–H groups in total. The number of hydrogen-bond acceptors (Lipinski definition) is 2. The number of nitrogens with one attached hydrogen (secondary N) is 2. The second kappa shape index (κ2) is 7.47. The summed E-state index contributed by atoms with van der Waals surface area (Å²) in [7, 11) is 0. The van der Waals surface area contributed by atoms with Gasteiger partial charge in [0.15, 0.2) is 0 Å². The van der Waals surface area contributed by atoms with E-state index in [1.54, 1.807) is 30.3 Å². The van der Waals surface area contributed by atoms with Crippen LogP contribution in [-0.2, 0) is 6.42 Å². The van der Waals surface area contributed by atoms with E-state index in [0.29, 0.717) is 29.2 Å². The Labute approximate surface area is 133 Å². The van der Waals surface area contributed by atoms with Crippen molar-refractivity contribution in [1.82, 2.24) is 5.32 Å². The molecular weight excluding hydrogens is 302 g/mol. The number of benzene rings is 2. The first-order chi connectivity index (χ1) is 10.5. The van der Waals surface area contributed by atoms with Gasteiger partial charge in [-0.15, -0.1) is 0 Å². The van der Waals surface area contributed by atoms with Crippen molar-refractivity contribution >= 4 is 29.2 Å². The van der Waals surface area contributed by atoms with E-state index in [0.717, 1.165) is 5.56 Å². The summed E-state index contributed by atoms with van der Waals surface area (Å²) in [6.45, 7) is 0.492. The van der Waals surface area contributed by atoms with Gasteiger partial charge in [0.2, 0.25) is 5.91 Å². The lowest BCUT2D eigenvalue weighted by atomic mass is 10.1. The fraction of sp³-hybridized carbons (Fsp3) is 0.125. The quantitative estimate of drug-likeness (QED) is 0.792. The molecule has 0 aliphatic rings. The van der Waals surface area contributed by atoms with Crippen molar-refractivity contribution in [3.63, 3.8) is 0 Å². The van der Waals surface area contributed by atoms with Crippen molar-refractivity contribution in [3.05, 3.63) is 64.7 Å². The van der Waals surface area contributed by atoms with E-state index in [1.807, 2.05) is 18.2 Å². The van der Waals surface area contributed by atoms with Crippen LogP contribution in [-0.4, -0.2) is 18.5 Å². The minimum Gasteiger partial charge on any atom is -0.366 e. The maximum absolute atomic E-state index is 11.7. The van der Waals surface area contributed by atoms with E-state index < -0.39 is 5.91 Å². The third kappa shape index (κ3) is 4.79. The smallest absolute Gasteiger partial charge is 0.319 e. The molecule has 0 aromatic heterocycles. The lowest BCUT2D eigenvalue weighted by molar-refractivity contribution is 0.100. The maximum atomic E-state index is 11.7. The summed E-state index contributed by atoms with van der Waals surface area (Å²) in [6, 6.07) is 13.5. The van der Waals surface area contributed by atoms with Gasteiger partial charge in [0.05, 0.1) is 0 Å². The van der Waals surface area contributed by atoms with Gasteiger partial charge in [-0.05, 0) is 48.4 Å². The van der Waals surface area contributed by atoms with Crippen LogP contribution in [0.25, 0.3) is 0 Å². The van der Waals surface area contributed by atoms with Crippen LogP contribution in [0.4, 0.5) is 10.5 Å². The first-order valence-electron chi connectivity index (χ1n) is 6.74. The zero-order valence-corrected chi connectivity index (χ0v) is 12.6. The zero-order chi connectivity index (χ0) is 15.9. The number of amides is 3. The molecular formula is C16H16ClN3O2. The first-order valence-corrected chi connectivity index (χ1v) is 7.11. The molecule has 0 saturated carbocycles. The predicted octanol–water partition coefficient (Wildman–Crippen LogP) is 2.80. The normalized spacial score (nSPS) is 10.0. The van der Waals surface area contributed by atoms with Crippen LogP contribution in [0.3, 0.4) is 0 Å². The third-order valence-corrected chi connectivity index (χ3v) is 3.25.